The number of amides is 1. The Morgan fingerprint density at radius 3 is 2.70 bits per heavy atom. The van der Waals surface area contributed by atoms with Crippen molar-refractivity contribution in [1.29, 1.82) is 0 Å². The predicted molar refractivity (Wildman–Crippen MR) is 151 cm³/mol. The zero-order valence-electron chi connectivity index (χ0n) is 21.4. The maximum Gasteiger partial charge on any atom is 0.338 e. The molecule has 2 aliphatic rings. The first-order valence-electron chi connectivity index (χ1n) is 12.7. The number of esters is 1. The number of aliphatic imine (C=N–C) groups is 1. The van der Waals surface area contributed by atoms with E-state index in [9.17, 15) is 9.59 Å². The molecule has 1 N–H and O–H groups in total. The predicted octanol–water partition coefficient (Wildman–Crippen LogP) is 6.41. The SMILES string of the molecule is CC1=C(C(=O)OCC(C)C)C(c2cccc(NC(=O)c3ccc4ccccc4c3)c2)N2CCCSC2=N1. The second kappa shape index (κ2) is 10.8. The topological polar surface area (TPSA) is 71.0 Å². The smallest absolute Gasteiger partial charge is 0.338 e. The number of anilines is 1. The van der Waals surface area contributed by atoms with Crippen molar-refractivity contribution in [2.45, 2.75) is 33.2 Å². The Balaban J connectivity index is 1.45. The van der Waals surface area contributed by atoms with Crippen LogP contribution in [0.25, 0.3) is 10.8 Å². The fourth-order valence-corrected chi connectivity index (χ4v) is 5.74. The molecule has 0 aliphatic carbocycles. The summed E-state index contributed by atoms with van der Waals surface area (Å²) >= 11 is 1.71. The summed E-state index contributed by atoms with van der Waals surface area (Å²) in [5.74, 6) is 0.737. The molecular weight excluding hydrogens is 482 g/mol. The van der Waals surface area contributed by atoms with E-state index < -0.39 is 0 Å². The monoisotopic (exact) mass is 513 g/mol. The Bertz CT molecular complexity index is 1410. The number of hydrogen-bond acceptors (Lipinski definition) is 6. The van der Waals surface area contributed by atoms with Crippen molar-refractivity contribution in [3.63, 3.8) is 0 Å². The fraction of sp³-hybridized carbons (Fsp3) is 0.300. The minimum absolute atomic E-state index is 0.175. The van der Waals surface area contributed by atoms with Crippen molar-refractivity contribution in [2.24, 2.45) is 10.9 Å². The molecule has 0 bridgehead atoms. The highest BCUT2D eigenvalue weighted by atomic mass is 32.2. The van der Waals surface area contributed by atoms with Gasteiger partial charge in [0.1, 0.15) is 0 Å². The summed E-state index contributed by atoms with van der Waals surface area (Å²) in [4.78, 5) is 33.3. The minimum Gasteiger partial charge on any atom is -0.462 e. The summed E-state index contributed by atoms with van der Waals surface area (Å²) in [7, 11) is 0. The van der Waals surface area contributed by atoms with Crippen LogP contribution < -0.4 is 5.32 Å². The number of hydrogen-bond donors (Lipinski definition) is 1. The Morgan fingerprint density at radius 1 is 1.08 bits per heavy atom. The highest BCUT2D eigenvalue weighted by molar-refractivity contribution is 8.13. The molecule has 5 rings (SSSR count). The Morgan fingerprint density at radius 2 is 1.89 bits per heavy atom. The van der Waals surface area contributed by atoms with E-state index in [-0.39, 0.29) is 23.8 Å². The molecule has 6 nitrogen and oxygen atoms in total. The van der Waals surface area contributed by atoms with Crippen LogP contribution in [0.3, 0.4) is 0 Å². The summed E-state index contributed by atoms with van der Waals surface area (Å²) < 4.78 is 5.66. The molecule has 0 aromatic heterocycles. The molecular formula is C30H31N3O3S. The van der Waals surface area contributed by atoms with Gasteiger partial charge in [-0.1, -0.05) is 68.1 Å². The van der Waals surface area contributed by atoms with Gasteiger partial charge in [0.05, 0.1) is 23.9 Å². The molecule has 2 heterocycles. The van der Waals surface area contributed by atoms with E-state index in [1.165, 1.54) is 0 Å². The van der Waals surface area contributed by atoms with Crippen LogP contribution in [0.4, 0.5) is 5.69 Å². The van der Waals surface area contributed by atoms with E-state index in [4.69, 9.17) is 9.73 Å². The van der Waals surface area contributed by atoms with E-state index in [1.54, 1.807) is 11.8 Å². The number of nitrogens with one attached hydrogen (secondary N) is 1. The highest BCUT2D eigenvalue weighted by Gasteiger charge is 2.38. The van der Waals surface area contributed by atoms with Gasteiger partial charge in [-0.3, -0.25) is 4.79 Å². The van der Waals surface area contributed by atoms with Crippen molar-refractivity contribution in [3.05, 3.63) is 89.1 Å². The van der Waals surface area contributed by atoms with Crippen LogP contribution in [-0.4, -0.2) is 40.8 Å². The van der Waals surface area contributed by atoms with Gasteiger partial charge in [-0.2, -0.15) is 0 Å². The lowest BCUT2D eigenvalue weighted by Gasteiger charge is -2.40. The van der Waals surface area contributed by atoms with E-state index in [0.717, 1.165) is 40.2 Å². The van der Waals surface area contributed by atoms with Gasteiger partial charge in [-0.15, -0.1) is 0 Å². The molecule has 190 valence electrons. The molecule has 2 aliphatic heterocycles. The van der Waals surface area contributed by atoms with Crippen molar-refractivity contribution < 1.29 is 14.3 Å². The molecule has 1 amide bonds. The fourth-order valence-electron chi connectivity index (χ4n) is 4.72. The summed E-state index contributed by atoms with van der Waals surface area (Å²) in [5.41, 5.74) is 3.44. The number of allylic oxidation sites excluding steroid dienone is 1. The lowest BCUT2D eigenvalue weighted by Crippen LogP contribution is -2.42. The number of thioether (sulfide) groups is 1. The number of nitrogens with zero attached hydrogens (tertiary/aromatic N) is 2. The average molecular weight is 514 g/mol. The lowest BCUT2D eigenvalue weighted by molar-refractivity contribution is -0.140. The molecule has 0 radical (unpaired) electrons. The normalized spacial score (nSPS) is 17.5. The van der Waals surface area contributed by atoms with E-state index >= 15 is 0 Å². The molecule has 37 heavy (non-hydrogen) atoms. The molecule has 1 unspecified atom stereocenters. The number of rotatable bonds is 6. The van der Waals surface area contributed by atoms with Crippen molar-refractivity contribution in [2.75, 3.05) is 24.2 Å². The number of amidine groups is 1. The molecule has 1 atom stereocenters. The standard InChI is InChI=1S/C30H31N3O3S/c1-19(2)18-36-29(35)26-20(3)31-30-33(14-7-15-37-30)27(26)23-10-6-11-25(17-23)32-28(34)24-13-12-21-8-4-5-9-22(21)16-24/h4-6,8-13,16-17,19,27H,7,14-15,18H2,1-3H3,(H,32,34). The van der Waals surface area contributed by atoms with E-state index in [1.807, 2.05) is 87.5 Å². The minimum atomic E-state index is -0.333. The van der Waals surface area contributed by atoms with Crippen molar-refractivity contribution >= 4 is 45.3 Å². The second-order valence-electron chi connectivity index (χ2n) is 9.83. The first-order chi connectivity index (χ1) is 17.9. The third-order valence-electron chi connectivity index (χ3n) is 6.50. The number of carbonyl (C=O) groups excluding carboxylic acids is 2. The summed E-state index contributed by atoms with van der Waals surface area (Å²) in [6.07, 6.45) is 1.01. The molecule has 0 spiro atoms. The molecule has 0 saturated carbocycles. The number of benzene rings is 3. The third kappa shape index (κ3) is 5.42. The number of carbonyl (C=O) groups is 2. The summed E-state index contributed by atoms with van der Waals surface area (Å²) in [6, 6.07) is 21.1. The van der Waals surface area contributed by atoms with Crippen LogP contribution in [0.1, 0.15) is 49.2 Å². The lowest BCUT2D eigenvalue weighted by atomic mass is 9.94. The van der Waals surface area contributed by atoms with Crippen LogP contribution in [0.5, 0.6) is 0 Å². The maximum absolute atomic E-state index is 13.3. The van der Waals surface area contributed by atoms with Crippen LogP contribution in [-0.2, 0) is 9.53 Å². The highest BCUT2D eigenvalue weighted by Crippen LogP contribution is 2.40. The second-order valence-corrected chi connectivity index (χ2v) is 10.9. The average Bonchev–Trinajstić information content (AvgIpc) is 2.90. The van der Waals surface area contributed by atoms with Crippen molar-refractivity contribution in [1.82, 2.24) is 4.90 Å². The van der Waals surface area contributed by atoms with E-state index in [2.05, 4.69) is 10.2 Å². The Labute approximate surface area is 221 Å². The van der Waals surface area contributed by atoms with Crippen LogP contribution in [0, 0.1) is 5.92 Å². The quantitative estimate of drug-likeness (QED) is 0.386. The molecule has 1 fully saturated rings. The zero-order valence-corrected chi connectivity index (χ0v) is 22.2. The maximum atomic E-state index is 13.3. The Hall–Kier alpha value is -3.58. The van der Waals surface area contributed by atoms with Gasteiger partial charge in [0, 0.05) is 23.5 Å². The van der Waals surface area contributed by atoms with Crippen molar-refractivity contribution in [3.8, 4) is 0 Å². The molecule has 3 aromatic rings. The largest absolute Gasteiger partial charge is 0.462 e. The molecule has 7 heteroatoms. The summed E-state index contributed by atoms with van der Waals surface area (Å²) in [5, 5.41) is 6.09. The summed E-state index contributed by atoms with van der Waals surface area (Å²) in [6.45, 7) is 7.08. The van der Waals surface area contributed by atoms with Gasteiger partial charge < -0.3 is 15.0 Å². The first-order valence-corrected chi connectivity index (χ1v) is 13.7. The Kier molecular flexibility index (Phi) is 7.33. The van der Waals surface area contributed by atoms with Gasteiger partial charge in [0.2, 0.25) is 0 Å². The van der Waals surface area contributed by atoms with Crippen LogP contribution >= 0.6 is 11.8 Å². The van der Waals surface area contributed by atoms with Gasteiger partial charge in [-0.25, -0.2) is 9.79 Å². The van der Waals surface area contributed by atoms with E-state index in [0.29, 0.717) is 29.1 Å². The number of fused-ring (bicyclic) bond motifs is 2. The van der Waals surface area contributed by atoms with Gasteiger partial charge in [-0.05, 0) is 59.9 Å². The van der Waals surface area contributed by atoms with Crippen LogP contribution in [0.15, 0.2) is 83.0 Å². The van der Waals surface area contributed by atoms with Gasteiger partial charge in [0.25, 0.3) is 5.91 Å². The zero-order chi connectivity index (χ0) is 25.9. The first kappa shape index (κ1) is 25.1. The third-order valence-corrected chi connectivity index (χ3v) is 7.57. The molecule has 3 aromatic carbocycles. The van der Waals surface area contributed by atoms with Crippen LogP contribution in [0.2, 0.25) is 0 Å². The number of ether oxygens (including phenoxy) is 1. The molecule has 1 saturated heterocycles. The van der Waals surface area contributed by atoms with Gasteiger partial charge in [0.15, 0.2) is 5.17 Å². The van der Waals surface area contributed by atoms with Gasteiger partial charge >= 0.3 is 5.97 Å².